The van der Waals surface area contributed by atoms with Crippen LogP contribution < -0.4 is 0 Å². The quantitative estimate of drug-likeness (QED) is 0.796. The van der Waals surface area contributed by atoms with E-state index in [1.807, 2.05) is 18.2 Å². The van der Waals surface area contributed by atoms with Gasteiger partial charge in [-0.25, -0.2) is 17.7 Å². The zero-order chi connectivity index (χ0) is 12.5. The van der Waals surface area contributed by atoms with Crippen molar-refractivity contribution in [2.24, 2.45) is 5.92 Å². The third kappa shape index (κ3) is 3.50. The van der Waals surface area contributed by atoms with E-state index < -0.39 is 10.0 Å². The molecule has 2 heterocycles. The number of rotatable bonds is 3. The molecule has 0 spiro atoms. The van der Waals surface area contributed by atoms with Crippen LogP contribution in [0.1, 0.15) is 12.1 Å². The minimum atomic E-state index is -3.03. The fraction of sp³-hybridized carbons (Fsp3) is 0.545. The maximum Gasteiger partial charge on any atom is 0.211 e. The number of nitrogens with zero attached hydrogens (tertiary/aromatic N) is 2. The Labute approximate surface area is 110 Å². The average Bonchev–Trinajstić information content (AvgIpc) is 2.65. The van der Waals surface area contributed by atoms with Gasteiger partial charge < -0.3 is 0 Å². The molecule has 94 valence electrons. The molecule has 1 aromatic rings. The summed E-state index contributed by atoms with van der Waals surface area (Å²) in [6.07, 6.45) is 3.03. The van der Waals surface area contributed by atoms with E-state index in [0.717, 1.165) is 23.1 Å². The lowest BCUT2D eigenvalue weighted by atomic mass is 10.0. The molecule has 1 aliphatic heterocycles. The van der Waals surface area contributed by atoms with Crippen LogP contribution in [0.2, 0.25) is 0 Å². The second-order valence-corrected chi connectivity index (χ2v) is 7.23. The molecule has 0 radical (unpaired) electrons. The molecule has 1 atom stereocenters. The van der Waals surface area contributed by atoms with Crippen LogP contribution in [-0.2, 0) is 16.4 Å². The zero-order valence-corrected chi connectivity index (χ0v) is 12.0. The summed E-state index contributed by atoms with van der Waals surface area (Å²) in [6, 6.07) is 5.82. The lowest BCUT2D eigenvalue weighted by Crippen LogP contribution is -2.27. The third-order valence-electron chi connectivity index (χ3n) is 2.99. The molecule has 6 heteroatoms. The molecule has 1 saturated heterocycles. The topological polar surface area (TPSA) is 50.3 Å². The van der Waals surface area contributed by atoms with Crippen LogP contribution in [0.3, 0.4) is 0 Å². The van der Waals surface area contributed by atoms with Crippen molar-refractivity contribution in [1.82, 2.24) is 9.29 Å². The average molecular weight is 319 g/mol. The Hall–Kier alpha value is -0.460. The number of hydrogen-bond donors (Lipinski definition) is 0. The summed E-state index contributed by atoms with van der Waals surface area (Å²) in [5, 5.41) is 0. The van der Waals surface area contributed by atoms with Crippen LogP contribution in [-0.4, -0.2) is 37.1 Å². The number of pyridine rings is 1. The molecule has 0 aliphatic carbocycles. The molecule has 2 rings (SSSR count). The summed E-state index contributed by atoms with van der Waals surface area (Å²) in [5.74, 6) is 0.381. The van der Waals surface area contributed by atoms with E-state index in [2.05, 4.69) is 20.9 Å². The van der Waals surface area contributed by atoms with Gasteiger partial charge in [-0.3, -0.25) is 0 Å². The first-order chi connectivity index (χ1) is 7.95. The molecule has 1 aromatic heterocycles. The van der Waals surface area contributed by atoms with Crippen molar-refractivity contribution in [3.63, 3.8) is 0 Å². The zero-order valence-electron chi connectivity index (χ0n) is 9.63. The molecule has 0 aromatic carbocycles. The molecule has 1 aliphatic rings. The normalized spacial score (nSPS) is 21.9. The first kappa shape index (κ1) is 13.0. The Balaban J connectivity index is 1.99. The number of halogens is 1. The number of sulfonamides is 1. The Bertz CT molecular complexity index is 504. The van der Waals surface area contributed by atoms with Crippen molar-refractivity contribution in [2.45, 2.75) is 12.8 Å². The van der Waals surface area contributed by atoms with Gasteiger partial charge in [0.05, 0.1) is 6.26 Å². The molecule has 17 heavy (non-hydrogen) atoms. The van der Waals surface area contributed by atoms with Gasteiger partial charge in [-0.15, -0.1) is 0 Å². The molecule has 0 saturated carbocycles. The molecule has 1 unspecified atom stereocenters. The van der Waals surface area contributed by atoms with Gasteiger partial charge in [0.15, 0.2) is 0 Å². The Morgan fingerprint density at radius 2 is 2.29 bits per heavy atom. The van der Waals surface area contributed by atoms with Gasteiger partial charge in [-0.2, -0.15) is 0 Å². The van der Waals surface area contributed by atoms with E-state index in [4.69, 9.17) is 0 Å². The summed E-state index contributed by atoms with van der Waals surface area (Å²) >= 11 is 3.34. The maximum absolute atomic E-state index is 11.4. The Kier molecular flexibility index (Phi) is 3.85. The maximum atomic E-state index is 11.4. The highest BCUT2D eigenvalue weighted by atomic mass is 79.9. The largest absolute Gasteiger partial charge is 0.246 e. The van der Waals surface area contributed by atoms with Crippen molar-refractivity contribution >= 4 is 26.0 Å². The predicted molar refractivity (Wildman–Crippen MR) is 70.2 cm³/mol. The molecule has 4 nitrogen and oxygen atoms in total. The molecule has 0 N–H and O–H groups in total. The van der Waals surface area contributed by atoms with Gasteiger partial charge in [0.25, 0.3) is 0 Å². The van der Waals surface area contributed by atoms with E-state index >= 15 is 0 Å². The van der Waals surface area contributed by atoms with Crippen LogP contribution in [0.25, 0.3) is 0 Å². The van der Waals surface area contributed by atoms with Gasteiger partial charge in [0.2, 0.25) is 10.0 Å². The van der Waals surface area contributed by atoms with E-state index in [1.165, 1.54) is 6.26 Å². The first-order valence-electron chi connectivity index (χ1n) is 5.52. The SMILES string of the molecule is CS(=O)(=O)N1CCC(Cc2cccc(Br)n2)C1. The second kappa shape index (κ2) is 5.04. The van der Waals surface area contributed by atoms with Crippen LogP contribution in [0.5, 0.6) is 0 Å². The van der Waals surface area contributed by atoms with Crippen LogP contribution in [0, 0.1) is 5.92 Å². The van der Waals surface area contributed by atoms with E-state index in [0.29, 0.717) is 19.0 Å². The van der Waals surface area contributed by atoms with E-state index in [1.54, 1.807) is 4.31 Å². The van der Waals surface area contributed by atoms with Gasteiger partial charge in [-0.05, 0) is 46.8 Å². The molecule has 1 fully saturated rings. The summed E-state index contributed by atoms with van der Waals surface area (Å²) < 4.78 is 25.2. The molecular weight excluding hydrogens is 304 g/mol. The first-order valence-corrected chi connectivity index (χ1v) is 8.16. The van der Waals surface area contributed by atoms with Crippen molar-refractivity contribution in [1.29, 1.82) is 0 Å². The van der Waals surface area contributed by atoms with Crippen molar-refractivity contribution in [2.75, 3.05) is 19.3 Å². The van der Waals surface area contributed by atoms with Gasteiger partial charge in [0, 0.05) is 18.8 Å². The highest BCUT2D eigenvalue weighted by Crippen LogP contribution is 2.22. The molecule has 0 amide bonds. The van der Waals surface area contributed by atoms with E-state index in [9.17, 15) is 8.42 Å². The fourth-order valence-electron chi connectivity index (χ4n) is 2.12. The summed E-state index contributed by atoms with van der Waals surface area (Å²) in [7, 11) is -3.03. The minimum Gasteiger partial charge on any atom is -0.246 e. The van der Waals surface area contributed by atoms with Gasteiger partial charge in [0.1, 0.15) is 4.60 Å². The van der Waals surface area contributed by atoms with Crippen LogP contribution in [0.15, 0.2) is 22.8 Å². The third-order valence-corrected chi connectivity index (χ3v) is 4.70. The van der Waals surface area contributed by atoms with Crippen LogP contribution >= 0.6 is 15.9 Å². The summed E-state index contributed by atoms with van der Waals surface area (Å²) in [6.45, 7) is 1.25. The fourth-order valence-corrected chi connectivity index (χ4v) is 3.42. The molecular formula is C11H15BrN2O2S. The minimum absolute atomic E-state index is 0.381. The monoisotopic (exact) mass is 318 g/mol. The standard InChI is InChI=1S/C11H15BrN2O2S/c1-17(15,16)14-6-5-9(8-14)7-10-3-2-4-11(12)13-10/h2-4,9H,5-8H2,1H3. The highest BCUT2D eigenvalue weighted by Gasteiger charge is 2.28. The second-order valence-electron chi connectivity index (χ2n) is 4.43. The lowest BCUT2D eigenvalue weighted by Gasteiger charge is -2.13. The van der Waals surface area contributed by atoms with E-state index in [-0.39, 0.29) is 0 Å². The predicted octanol–water partition coefficient (Wildman–Crippen LogP) is 1.67. The van der Waals surface area contributed by atoms with Crippen molar-refractivity contribution in [3.8, 4) is 0 Å². The highest BCUT2D eigenvalue weighted by molar-refractivity contribution is 9.10. The Morgan fingerprint density at radius 1 is 1.53 bits per heavy atom. The number of hydrogen-bond acceptors (Lipinski definition) is 3. The van der Waals surface area contributed by atoms with Crippen molar-refractivity contribution < 1.29 is 8.42 Å². The Morgan fingerprint density at radius 3 is 2.88 bits per heavy atom. The van der Waals surface area contributed by atoms with Crippen LogP contribution in [0.4, 0.5) is 0 Å². The smallest absolute Gasteiger partial charge is 0.211 e. The van der Waals surface area contributed by atoms with Gasteiger partial charge >= 0.3 is 0 Å². The molecule has 0 bridgehead atoms. The summed E-state index contributed by atoms with van der Waals surface area (Å²) in [4.78, 5) is 4.37. The summed E-state index contributed by atoms with van der Waals surface area (Å²) in [5.41, 5.74) is 1.01. The number of aromatic nitrogens is 1. The lowest BCUT2D eigenvalue weighted by molar-refractivity contribution is 0.459. The van der Waals surface area contributed by atoms with Crippen molar-refractivity contribution in [3.05, 3.63) is 28.5 Å². The van der Waals surface area contributed by atoms with Gasteiger partial charge in [-0.1, -0.05) is 6.07 Å².